The lowest BCUT2D eigenvalue weighted by Gasteiger charge is -2.03. The zero-order valence-electron chi connectivity index (χ0n) is 8.07. The molecule has 82 valence electrons. The van der Waals surface area contributed by atoms with Crippen LogP contribution in [-0.2, 0) is 24.3 Å². The van der Waals surface area contributed by atoms with Gasteiger partial charge in [0, 0.05) is 0 Å². The minimum atomic E-state index is -3.55. The molecular weight excluding hydrogens is 210 g/mol. The van der Waals surface area contributed by atoms with Crippen LogP contribution in [-0.4, -0.2) is 39.6 Å². The highest BCUT2D eigenvalue weighted by Gasteiger charge is 2.13. The maximum absolute atomic E-state index is 11.1. The minimum absolute atomic E-state index is 0.219. The van der Waals surface area contributed by atoms with E-state index in [2.05, 4.69) is 9.46 Å². The fourth-order valence-electron chi connectivity index (χ4n) is 0.604. The standard InChI is InChI=1S/C7H13NO5S/c1-6(9)5-8-14(11,12)4-3-7(10)13-2/h8H,3-5H2,1-2H3. The molecule has 0 aromatic rings. The summed E-state index contributed by atoms with van der Waals surface area (Å²) in [5.41, 5.74) is 0. The average Bonchev–Trinajstić information content (AvgIpc) is 2.11. The number of ketones is 1. The van der Waals surface area contributed by atoms with Gasteiger partial charge >= 0.3 is 5.97 Å². The van der Waals surface area contributed by atoms with Crippen LogP contribution in [0.25, 0.3) is 0 Å². The first kappa shape index (κ1) is 13.1. The van der Waals surface area contributed by atoms with Gasteiger partial charge in [-0.2, -0.15) is 0 Å². The lowest BCUT2D eigenvalue weighted by molar-refractivity contribution is -0.140. The monoisotopic (exact) mass is 223 g/mol. The van der Waals surface area contributed by atoms with Crippen molar-refractivity contribution in [3.63, 3.8) is 0 Å². The number of sulfonamides is 1. The maximum Gasteiger partial charge on any atom is 0.306 e. The van der Waals surface area contributed by atoms with Gasteiger partial charge in [-0.25, -0.2) is 13.1 Å². The summed E-state index contributed by atoms with van der Waals surface area (Å²) in [6.45, 7) is 1.02. The molecule has 0 aromatic heterocycles. The van der Waals surface area contributed by atoms with Crippen molar-refractivity contribution in [2.45, 2.75) is 13.3 Å². The van der Waals surface area contributed by atoms with E-state index in [1.165, 1.54) is 14.0 Å². The van der Waals surface area contributed by atoms with Gasteiger partial charge in [0.1, 0.15) is 5.78 Å². The molecule has 1 N–H and O–H groups in total. The Kier molecular flexibility index (Phi) is 5.32. The highest BCUT2D eigenvalue weighted by atomic mass is 32.2. The fraction of sp³-hybridized carbons (Fsp3) is 0.714. The quantitative estimate of drug-likeness (QED) is 0.587. The molecule has 6 nitrogen and oxygen atoms in total. The first-order valence-corrected chi connectivity index (χ1v) is 5.56. The molecule has 0 bridgehead atoms. The molecule has 0 aliphatic rings. The van der Waals surface area contributed by atoms with Crippen LogP contribution in [0.5, 0.6) is 0 Å². The fourth-order valence-corrected chi connectivity index (χ4v) is 1.61. The Hall–Kier alpha value is -0.950. The summed E-state index contributed by atoms with van der Waals surface area (Å²) < 4.78 is 28.5. The zero-order chi connectivity index (χ0) is 11.2. The molecule has 0 saturated heterocycles. The molecule has 0 aliphatic carbocycles. The first-order valence-electron chi connectivity index (χ1n) is 3.91. The second kappa shape index (κ2) is 5.71. The lowest BCUT2D eigenvalue weighted by Crippen LogP contribution is -2.31. The third-order valence-electron chi connectivity index (χ3n) is 1.34. The van der Waals surface area contributed by atoms with Crippen LogP contribution in [0.2, 0.25) is 0 Å². The molecule has 14 heavy (non-hydrogen) atoms. The molecule has 0 aliphatic heterocycles. The molecular formula is C7H13NO5S. The van der Waals surface area contributed by atoms with Crippen LogP contribution in [0.4, 0.5) is 0 Å². The van der Waals surface area contributed by atoms with Gasteiger partial charge in [-0.3, -0.25) is 9.59 Å². The number of carbonyl (C=O) groups excluding carboxylic acids is 2. The number of rotatable bonds is 6. The Morgan fingerprint density at radius 1 is 1.36 bits per heavy atom. The maximum atomic E-state index is 11.1. The van der Waals surface area contributed by atoms with Crippen molar-refractivity contribution in [3.05, 3.63) is 0 Å². The molecule has 0 rings (SSSR count). The van der Waals surface area contributed by atoms with Crippen LogP contribution >= 0.6 is 0 Å². The van der Waals surface area contributed by atoms with Gasteiger partial charge in [-0.1, -0.05) is 0 Å². The summed E-state index contributed by atoms with van der Waals surface area (Å²) in [5, 5.41) is 0. The number of Topliss-reactive ketones (excluding diaryl/α,β-unsaturated/α-hetero) is 1. The van der Waals surface area contributed by atoms with E-state index in [-0.39, 0.29) is 24.5 Å². The number of esters is 1. The highest BCUT2D eigenvalue weighted by molar-refractivity contribution is 7.89. The molecule has 0 saturated carbocycles. The number of ether oxygens (including phenoxy) is 1. The Bertz CT molecular complexity index is 308. The number of carbonyl (C=O) groups is 2. The molecule has 0 radical (unpaired) electrons. The van der Waals surface area contributed by atoms with Gasteiger partial charge in [-0.15, -0.1) is 0 Å². The van der Waals surface area contributed by atoms with E-state index in [0.717, 1.165) is 0 Å². The summed E-state index contributed by atoms with van der Waals surface area (Å²) in [6.07, 6.45) is -0.219. The van der Waals surface area contributed by atoms with Crippen LogP contribution in [0.1, 0.15) is 13.3 Å². The van der Waals surface area contributed by atoms with Crippen molar-refractivity contribution in [2.24, 2.45) is 0 Å². The summed E-state index contributed by atoms with van der Waals surface area (Å²) >= 11 is 0. The Balaban J connectivity index is 3.96. The first-order chi connectivity index (χ1) is 6.37. The van der Waals surface area contributed by atoms with E-state index in [9.17, 15) is 18.0 Å². The molecule has 0 fully saturated rings. The topological polar surface area (TPSA) is 89.5 Å². The molecule has 0 amide bonds. The van der Waals surface area contributed by atoms with Crippen LogP contribution in [0.15, 0.2) is 0 Å². The number of hydrogen-bond donors (Lipinski definition) is 1. The third kappa shape index (κ3) is 6.55. The molecule has 0 atom stereocenters. The lowest BCUT2D eigenvalue weighted by atomic mass is 10.5. The summed E-state index contributed by atoms with van der Waals surface area (Å²) in [5.74, 6) is -1.25. The summed E-state index contributed by atoms with van der Waals surface area (Å²) in [4.78, 5) is 21.1. The van der Waals surface area contributed by atoms with Gasteiger partial charge in [0.05, 0.1) is 25.8 Å². The van der Waals surface area contributed by atoms with Crippen LogP contribution < -0.4 is 4.72 Å². The Morgan fingerprint density at radius 2 is 1.93 bits per heavy atom. The van der Waals surface area contributed by atoms with E-state index in [0.29, 0.717) is 0 Å². The number of nitrogens with one attached hydrogen (secondary N) is 1. The predicted octanol–water partition coefficient (Wildman–Crippen LogP) is -0.942. The van der Waals surface area contributed by atoms with Crippen molar-refractivity contribution >= 4 is 21.8 Å². The second-order valence-corrected chi connectivity index (χ2v) is 4.59. The molecule has 7 heteroatoms. The van der Waals surface area contributed by atoms with Crippen LogP contribution in [0, 0.1) is 0 Å². The predicted molar refractivity (Wildman–Crippen MR) is 49.1 cm³/mol. The number of hydrogen-bond acceptors (Lipinski definition) is 5. The zero-order valence-corrected chi connectivity index (χ0v) is 8.89. The molecule has 0 spiro atoms. The summed E-state index contributed by atoms with van der Waals surface area (Å²) in [7, 11) is -2.37. The average molecular weight is 223 g/mol. The van der Waals surface area contributed by atoms with E-state index >= 15 is 0 Å². The highest BCUT2D eigenvalue weighted by Crippen LogP contribution is 1.91. The van der Waals surface area contributed by atoms with Gasteiger partial charge in [0.15, 0.2) is 0 Å². The van der Waals surface area contributed by atoms with Crippen LogP contribution in [0.3, 0.4) is 0 Å². The van der Waals surface area contributed by atoms with Gasteiger partial charge in [0.2, 0.25) is 10.0 Å². The molecule has 0 aromatic carbocycles. The Labute approximate surface area is 82.7 Å². The van der Waals surface area contributed by atoms with E-state index in [1.807, 2.05) is 0 Å². The largest absolute Gasteiger partial charge is 0.469 e. The van der Waals surface area contributed by atoms with E-state index in [4.69, 9.17) is 0 Å². The van der Waals surface area contributed by atoms with Crippen molar-refractivity contribution in [3.8, 4) is 0 Å². The van der Waals surface area contributed by atoms with Gasteiger partial charge in [0.25, 0.3) is 0 Å². The van der Waals surface area contributed by atoms with Crippen molar-refractivity contribution in [1.29, 1.82) is 0 Å². The minimum Gasteiger partial charge on any atom is -0.469 e. The van der Waals surface area contributed by atoms with Crippen molar-refractivity contribution in [1.82, 2.24) is 4.72 Å². The van der Waals surface area contributed by atoms with E-state index in [1.54, 1.807) is 0 Å². The van der Waals surface area contributed by atoms with Crippen molar-refractivity contribution < 1.29 is 22.7 Å². The van der Waals surface area contributed by atoms with Gasteiger partial charge < -0.3 is 4.74 Å². The van der Waals surface area contributed by atoms with Gasteiger partial charge in [-0.05, 0) is 6.92 Å². The van der Waals surface area contributed by atoms with E-state index < -0.39 is 16.0 Å². The van der Waals surface area contributed by atoms with Crippen molar-refractivity contribution in [2.75, 3.05) is 19.4 Å². The Morgan fingerprint density at radius 3 is 2.36 bits per heavy atom. The molecule has 0 unspecified atom stereocenters. The smallest absolute Gasteiger partial charge is 0.306 e. The summed E-state index contributed by atoms with van der Waals surface area (Å²) in [6, 6.07) is 0. The molecule has 0 heterocycles. The second-order valence-electron chi connectivity index (χ2n) is 2.67. The third-order valence-corrected chi connectivity index (χ3v) is 2.67. The normalized spacial score (nSPS) is 11.0. The SMILES string of the molecule is COC(=O)CCS(=O)(=O)NCC(C)=O. The number of methoxy groups -OCH3 is 1.